The predicted molar refractivity (Wildman–Crippen MR) is 111 cm³/mol. The molecule has 28 heavy (non-hydrogen) atoms. The fraction of sp³-hybridized carbons (Fsp3) is 0.500. The number of sulfone groups is 1. The molecule has 2 rings (SSSR count). The molecule has 7 nitrogen and oxygen atoms in total. The van der Waals surface area contributed by atoms with Gasteiger partial charge in [0.05, 0.1) is 11.5 Å². The SMILES string of the molecule is Cc1ccc(NC(=O)/C(C#N)=C\N(CCN(C)C)C2CCS(=O)(=O)C2)c(C)c1. The lowest BCUT2D eigenvalue weighted by Gasteiger charge is -2.28. The van der Waals surface area contributed by atoms with Crippen LogP contribution in [0.5, 0.6) is 0 Å². The molecule has 1 fully saturated rings. The van der Waals surface area contributed by atoms with Crippen LogP contribution in [0.3, 0.4) is 0 Å². The lowest BCUT2D eigenvalue weighted by atomic mass is 10.1. The second-order valence-electron chi connectivity index (χ2n) is 7.53. The van der Waals surface area contributed by atoms with E-state index in [2.05, 4.69) is 5.32 Å². The average Bonchev–Trinajstić information content (AvgIpc) is 2.97. The lowest BCUT2D eigenvalue weighted by Crippen LogP contribution is -2.37. The third kappa shape index (κ3) is 6.08. The predicted octanol–water partition coefficient (Wildman–Crippen LogP) is 1.70. The Labute approximate surface area is 167 Å². The highest BCUT2D eigenvalue weighted by Crippen LogP contribution is 2.20. The second kappa shape index (κ2) is 9.22. The number of nitriles is 1. The number of nitrogens with zero attached hydrogens (tertiary/aromatic N) is 3. The van der Waals surface area contributed by atoms with Gasteiger partial charge >= 0.3 is 0 Å². The van der Waals surface area contributed by atoms with Gasteiger partial charge in [-0.15, -0.1) is 0 Å². The van der Waals surface area contributed by atoms with Gasteiger partial charge in [0, 0.05) is 31.0 Å². The fourth-order valence-electron chi connectivity index (χ4n) is 3.15. The third-order valence-electron chi connectivity index (χ3n) is 4.77. The minimum atomic E-state index is -3.07. The molecule has 152 valence electrons. The van der Waals surface area contributed by atoms with Crippen LogP contribution in [0.25, 0.3) is 0 Å². The van der Waals surface area contributed by atoms with Gasteiger partial charge in [-0.1, -0.05) is 17.7 Å². The molecular weight excluding hydrogens is 376 g/mol. The Morgan fingerprint density at radius 3 is 2.57 bits per heavy atom. The van der Waals surface area contributed by atoms with Crippen LogP contribution in [0.15, 0.2) is 30.0 Å². The summed E-state index contributed by atoms with van der Waals surface area (Å²) in [6, 6.07) is 7.40. The fourth-order valence-corrected chi connectivity index (χ4v) is 4.89. The number of amides is 1. The summed E-state index contributed by atoms with van der Waals surface area (Å²) in [7, 11) is 0.776. The molecule has 1 unspecified atom stereocenters. The zero-order chi connectivity index (χ0) is 20.9. The Morgan fingerprint density at radius 1 is 1.32 bits per heavy atom. The number of anilines is 1. The molecule has 0 radical (unpaired) electrons. The normalized spacial score (nSPS) is 18.7. The Morgan fingerprint density at radius 2 is 2.04 bits per heavy atom. The van der Waals surface area contributed by atoms with E-state index in [1.807, 2.05) is 62.0 Å². The van der Waals surface area contributed by atoms with E-state index in [0.717, 1.165) is 11.1 Å². The second-order valence-corrected chi connectivity index (χ2v) is 9.75. The topological polar surface area (TPSA) is 93.5 Å². The first-order chi connectivity index (χ1) is 13.1. The molecule has 0 bridgehead atoms. The maximum absolute atomic E-state index is 12.6. The Balaban J connectivity index is 2.22. The van der Waals surface area contributed by atoms with Gasteiger partial charge in [-0.2, -0.15) is 5.26 Å². The first kappa shape index (κ1) is 21.9. The van der Waals surface area contributed by atoms with Gasteiger partial charge in [0.1, 0.15) is 11.6 Å². The zero-order valence-corrected chi connectivity index (χ0v) is 17.7. The van der Waals surface area contributed by atoms with Gasteiger partial charge in [0.15, 0.2) is 9.84 Å². The molecule has 1 heterocycles. The van der Waals surface area contributed by atoms with Crippen molar-refractivity contribution >= 4 is 21.4 Å². The molecule has 1 aliphatic rings. The molecule has 1 N–H and O–H groups in total. The van der Waals surface area contributed by atoms with E-state index in [1.54, 1.807) is 0 Å². The van der Waals surface area contributed by atoms with E-state index in [9.17, 15) is 18.5 Å². The molecule has 1 aromatic rings. The minimum Gasteiger partial charge on any atom is -0.371 e. The molecule has 8 heteroatoms. The van der Waals surface area contributed by atoms with Crippen molar-refractivity contribution in [1.29, 1.82) is 5.26 Å². The van der Waals surface area contributed by atoms with Crippen molar-refractivity contribution < 1.29 is 13.2 Å². The van der Waals surface area contributed by atoms with Crippen molar-refractivity contribution in [2.75, 3.05) is 44.0 Å². The van der Waals surface area contributed by atoms with Gasteiger partial charge < -0.3 is 15.1 Å². The maximum atomic E-state index is 12.6. The summed E-state index contributed by atoms with van der Waals surface area (Å²) >= 11 is 0. The highest BCUT2D eigenvalue weighted by molar-refractivity contribution is 7.91. The zero-order valence-electron chi connectivity index (χ0n) is 16.9. The summed E-state index contributed by atoms with van der Waals surface area (Å²) in [6.07, 6.45) is 2.01. The Bertz CT molecular complexity index is 901. The van der Waals surface area contributed by atoms with Gasteiger partial charge in [0.2, 0.25) is 0 Å². The quantitative estimate of drug-likeness (QED) is 0.549. The average molecular weight is 405 g/mol. The Hall–Kier alpha value is -2.37. The van der Waals surface area contributed by atoms with E-state index in [-0.39, 0.29) is 23.1 Å². The summed E-state index contributed by atoms with van der Waals surface area (Å²) in [5, 5.41) is 12.3. The van der Waals surface area contributed by atoms with Crippen LogP contribution in [-0.2, 0) is 14.6 Å². The monoisotopic (exact) mass is 404 g/mol. The van der Waals surface area contributed by atoms with Crippen LogP contribution in [0.1, 0.15) is 17.5 Å². The summed E-state index contributed by atoms with van der Waals surface area (Å²) in [5.41, 5.74) is 2.61. The maximum Gasteiger partial charge on any atom is 0.267 e. The number of nitrogens with one attached hydrogen (secondary N) is 1. The summed E-state index contributed by atoms with van der Waals surface area (Å²) in [5.74, 6) is -0.306. The van der Waals surface area contributed by atoms with Crippen molar-refractivity contribution in [3.63, 3.8) is 0 Å². The number of hydrogen-bond donors (Lipinski definition) is 1. The largest absolute Gasteiger partial charge is 0.371 e. The molecule has 1 aromatic carbocycles. The van der Waals surface area contributed by atoms with E-state index < -0.39 is 15.7 Å². The van der Waals surface area contributed by atoms with Crippen LogP contribution in [0, 0.1) is 25.2 Å². The lowest BCUT2D eigenvalue weighted by molar-refractivity contribution is -0.112. The molecule has 0 aliphatic carbocycles. The number of carbonyl (C=O) groups excluding carboxylic acids is 1. The molecule has 0 aromatic heterocycles. The molecule has 1 aliphatic heterocycles. The van der Waals surface area contributed by atoms with Gasteiger partial charge in [-0.3, -0.25) is 4.79 Å². The van der Waals surface area contributed by atoms with E-state index >= 15 is 0 Å². The molecule has 0 spiro atoms. The number of benzene rings is 1. The van der Waals surface area contributed by atoms with Crippen LogP contribution >= 0.6 is 0 Å². The van der Waals surface area contributed by atoms with Crippen molar-refractivity contribution in [1.82, 2.24) is 9.80 Å². The van der Waals surface area contributed by atoms with E-state index in [0.29, 0.717) is 25.2 Å². The summed E-state index contributed by atoms with van der Waals surface area (Å²) in [6.45, 7) is 5.09. The van der Waals surface area contributed by atoms with Crippen molar-refractivity contribution in [3.8, 4) is 6.07 Å². The van der Waals surface area contributed by atoms with Crippen molar-refractivity contribution in [3.05, 3.63) is 41.1 Å². The molecule has 0 saturated carbocycles. The number of rotatable bonds is 7. The van der Waals surface area contributed by atoms with Crippen LogP contribution < -0.4 is 5.32 Å². The number of aryl methyl sites for hydroxylation is 2. The first-order valence-electron chi connectivity index (χ1n) is 9.22. The number of likely N-dealkylation sites (N-methyl/N-ethyl adjacent to an activating group) is 1. The van der Waals surface area contributed by atoms with E-state index in [4.69, 9.17) is 0 Å². The van der Waals surface area contributed by atoms with E-state index in [1.165, 1.54) is 6.20 Å². The Kier molecular flexibility index (Phi) is 7.22. The minimum absolute atomic E-state index is 0.0389. The first-order valence-corrected chi connectivity index (χ1v) is 11.0. The van der Waals surface area contributed by atoms with Gasteiger partial charge in [0.25, 0.3) is 5.91 Å². The molecule has 1 amide bonds. The van der Waals surface area contributed by atoms with Crippen LogP contribution in [0.2, 0.25) is 0 Å². The van der Waals surface area contributed by atoms with Crippen molar-refractivity contribution in [2.45, 2.75) is 26.3 Å². The number of hydrogen-bond acceptors (Lipinski definition) is 6. The molecule has 1 saturated heterocycles. The summed E-state index contributed by atoms with van der Waals surface area (Å²) in [4.78, 5) is 16.4. The van der Waals surface area contributed by atoms with Crippen molar-refractivity contribution in [2.24, 2.45) is 0 Å². The smallest absolute Gasteiger partial charge is 0.267 e. The van der Waals surface area contributed by atoms with Crippen LogP contribution in [-0.4, -0.2) is 68.9 Å². The van der Waals surface area contributed by atoms with Crippen LogP contribution in [0.4, 0.5) is 5.69 Å². The standard InChI is InChI=1S/C20H28N4O3S/c1-15-5-6-19(16(2)11-15)22-20(25)17(12-21)13-24(9-8-23(3)4)18-7-10-28(26,27)14-18/h5-6,11,13,18H,7-10,14H2,1-4H3,(H,22,25)/b17-13-. The highest BCUT2D eigenvalue weighted by Gasteiger charge is 2.31. The summed E-state index contributed by atoms with van der Waals surface area (Å²) < 4.78 is 23.8. The van der Waals surface area contributed by atoms with Gasteiger partial charge in [-0.05, 0) is 46.0 Å². The highest BCUT2D eigenvalue weighted by atomic mass is 32.2. The number of carbonyl (C=O) groups is 1. The third-order valence-corrected chi connectivity index (χ3v) is 6.52. The molecular formula is C20H28N4O3S. The molecule has 1 atom stereocenters. The van der Waals surface area contributed by atoms with Gasteiger partial charge in [-0.25, -0.2) is 8.42 Å².